The number of hydrogen-bond donors (Lipinski definition) is 2. The first kappa shape index (κ1) is 24.9. The molecular weight excluding hydrogens is 461 g/mol. The molecule has 0 atom stereocenters. The van der Waals surface area contributed by atoms with Crippen molar-refractivity contribution in [1.82, 2.24) is 15.2 Å². The lowest BCUT2D eigenvalue weighted by atomic mass is 10.1. The predicted molar refractivity (Wildman–Crippen MR) is 130 cm³/mol. The normalized spacial score (nSPS) is 11.3. The van der Waals surface area contributed by atoms with Crippen molar-refractivity contribution in [2.75, 3.05) is 24.8 Å². The van der Waals surface area contributed by atoms with Crippen LogP contribution in [0.25, 0.3) is 17.3 Å². The molecule has 0 fully saturated rings. The Morgan fingerprint density at radius 1 is 1.24 bits per heavy atom. The molecule has 2 heterocycles. The summed E-state index contributed by atoms with van der Waals surface area (Å²) in [6, 6.07) is 7.49. The van der Waals surface area contributed by atoms with Gasteiger partial charge in [0.05, 0.1) is 25.1 Å². The zero-order valence-corrected chi connectivity index (χ0v) is 19.8. The van der Waals surface area contributed by atoms with Gasteiger partial charge < -0.3 is 20.5 Å². The minimum Gasteiger partial charge on any atom is -0.475 e. The number of methoxy groups -OCH3 is 1. The van der Waals surface area contributed by atoms with Gasteiger partial charge in [0.2, 0.25) is 0 Å². The smallest absolute Gasteiger partial charge is 0.333 e. The molecule has 0 saturated carbocycles. The third kappa shape index (κ3) is 5.99. The minimum atomic E-state index is -0.498. The monoisotopic (exact) mass is 485 g/mol. The molecule has 3 rings (SSSR count). The molecule has 10 heteroatoms. The molecule has 34 heavy (non-hydrogen) atoms. The summed E-state index contributed by atoms with van der Waals surface area (Å²) in [6.07, 6.45) is 4.84. The number of esters is 1. The van der Waals surface area contributed by atoms with Crippen LogP contribution in [0.2, 0.25) is 5.02 Å². The van der Waals surface area contributed by atoms with E-state index in [1.807, 2.05) is 6.92 Å². The van der Waals surface area contributed by atoms with Gasteiger partial charge in [-0.25, -0.2) is 14.2 Å². The summed E-state index contributed by atoms with van der Waals surface area (Å²) in [5.41, 5.74) is 8.30. The van der Waals surface area contributed by atoms with Crippen LogP contribution in [-0.2, 0) is 9.53 Å². The van der Waals surface area contributed by atoms with Gasteiger partial charge in [0.1, 0.15) is 17.3 Å². The van der Waals surface area contributed by atoms with Crippen LogP contribution in [0.3, 0.4) is 0 Å². The number of benzene rings is 1. The average Bonchev–Trinajstić information content (AvgIpc) is 2.83. The van der Waals surface area contributed by atoms with E-state index in [2.05, 4.69) is 20.5 Å². The van der Waals surface area contributed by atoms with E-state index in [4.69, 9.17) is 26.8 Å². The number of nitrogens with one attached hydrogen (secondary N) is 1. The van der Waals surface area contributed by atoms with Crippen molar-refractivity contribution < 1.29 is 18.7 Å². The Hall–Kier alpha value is -3.72. The van der Waals surface area contributed by atoms with E-state index < -0.39 is 11.8 Å². The van der Waals surface area contributed by atoms with Gasteiger partial charge in [0.25, 0.3) is 5.88 Å². The number of anilines is 3. The molecule has 8 nitrogen and oxygen atoms in total. The van der Waals surface area contributed by atoms with Gasteiger partial charge in [0, 0.05) is 27.9 Å². The van der Waals surface area contributed by atoms with Crippen molar-refractivity contribution in [3.8, 4) is 17.1 Å². The fourth-order valence-corrected chi connectivity index (χ4v) is 3.22. The summed E-state index contributed by atoms with van der Waals surface area (Å²) in [7, 11) is 1.30. The number of carbonyl (C=O) groups is 1. The standard InChI is InChI=1S/C24H25ClFN5O3/c1-4-5-10-34-23-21(13-20(30-31-23)16-12-15(25)6-7-18(16)26)29-19-8-9-28-22(27)17(19)11-14(2)24(32)33-3/h6-9,11-13H,4-5,10H2,1-3H3,(H3,27,28,29,30)/b14-11+. The molecule has 178 valence electrons. The van der Waals surface area contributed by atoms with Crippen LogP contribution in [0.4, 0.5) is 21.6 Å². The molecule has 3 aromatic rings. The Balaban J connectivity index is 2.08. The topological polar surface area (TPSA) is 112 Å². The number of ether oxygens (including phenoxy) is 2. The van der Waals surface area contributed by atoms with Crippen molar-refractivity contribution in [2.45, 2.75) is 26.7 Å². The second-order valence-corrected chi connectivity index (χ2v) is 7.81. The van der Waals surface area contributed by atoms with Crippen molar-refractivity contribution >= 4 is 40.8 Å². The number of aromatic nitrogens is 3. The van der Waals surface area contributed by atoms with E-state index in [1.165, 1.54) is 31.5 Å². The molecule has 0 amide bonds. The van der Waals surface area contributed by atoms with Crippen LogP contribution in [0.15, 0.2) is 42.1 Å². The maximum absolute atomic E-state index is 14.5. The van der Waals surface area contributed by atoms with Crippen molar-refractivity contribution in [1.29, 1.82) is 0 Å². The highest BCUT2D eigenvalue weighted by molar-refractivity contribution is 6.30. The van der Waals surface area contributed by atoms with Crippen LogP contribution < -0.4 is 15.8 Å². The second kappa shape index (κ2) is 11.4. The first-order valence-corrected chi connectivity index (χ1v) is 11.0. The Kier molecular flexibility index (Phi) is 8.37. The summed E-state index contributed by atoms with van der Waals surface area (Å²) in [6.45, 7) is 4.08. The van der Waals surface area contributed by atoms with Crippen LogP contribution in [0, 0.1) is 5.82 Å². The lowest BCUT2D eigenvalue weighted by molar-refractivity contribution is -0.135. The molecule has 0 unspecified atom stereocenters. The summed E-state index contributed by atoms with van der Waals surface area (Å²) in [5, 5.41) is 11.9. The Labute approximate surface area is 202 Å². The van der Waals surface area contributed by atoms with Gasteiger partial charge in [-0.3, -0.25) is 0 Å². The third-order valence-corrected chi connectivity index (χ3v) is 5.09. The molecule has 0 aliphatic carbocycles. The first-order chi connectivity index (χ1) is 16.3. The maximum atomic E-state index is 14.5. The molecule has 0 aliphatic rings. The third-order valence-electron chi connectivity index (χ3n) is 4.86. The maximum Gasteiger partial charge on any atom is 0.333 e. The number of nitrogens with two attached hydrogens (primary N) is 1. The summed E-state index contributed by atoms with van der Waals surface area (Å²) >= 11 is 6.06. The van der Waals surface area contributed by atoms with Gasteiger partial charge in [-0.1, -0.05) is 24.9 Å². The van der Waals surface area contributed by atoms with Gasteiger partial charge in [0.15, 0.2) is 0 Å². The minimum absolute atomic E-state index is 0.194. The lowest BCUT2D eigenvalue weighted by Gasteiger charge is -2.16. The van der Waals surface area contributed by atoms with E-state index in [0.29, 0.717) is 34.1 Å². The van der Waals surface area contributed by atoms with Crippen LogP contribution in [0.5, 0.6) is 5.88 Å². The SMILES string of the molecule is CCCCOc1nnc(-c2cc(Cl)ccc2F)cc1Nc1ccnc(N)c1/C=C(\C)C(=O)OC. The van der Waals surface area contributed by atoms with E-state index in [9.17, 15) is 9.18 Å². The number of nitrogens with zero attached hydrogens (tertiary/aromatic N) is 3. The number of hydrogen-bond acceptors (Lipinski definition) is 8. The van der Waals surface area contributed by atoms with E-state index >= 15 is 0 Å². The van der Waals surface area contributed by atoms with Crippen LogP contribution >= 0.6 is 11.6 Å². The molecule has 0 saturated heterocycles. The fourth-order valence-electron chi connectivity index (χ4n) is 3.05. The van der Waals surface area contributed by atoms with E-state index in [1.54, 1.807) is 25.1 Å². The van der Waals surface area contributed by atoms with E-state index in [0.717, 1.165) is 12.8 Å². The highest BCUT2D eigenvalue weighted by atomic mass is 35.5. The molecule has 2 aromatic heterocycles. The number of unbranched alkanes of at least 4 members (excludes halogenated alkanes) is 1. The first-order valence-electron chi connectivity index (χ1n) is 10.6. The Morgan fingerprint density at radius 2 is 2.03 bits per heavy atom. The molecule has 1 aromatic carbocycles. The molecule has 3 N–H and O–H groups in total. The van der Waals surface area contributed by atoms with Crippen LogP contribution in [-0.4, -0.2) is 34.9 Å². The van der Waals surface area contributed by atoms with Gasteiger partial charge in [-0.2, -0.15) is 0 Å². The van der Waals surface area contributed by atoms with Gasteiger partial charge in [-0.15, -0.1) is 10.2 Å². The lowest BCUT2D eigenvalue weighted by Crippen LogP contribution is -2.07. The zero-order valence-electron chi connectivity index (χ0n) is 19.1. The summed E-state index contributed by atoms with van der Waals surface area (Å²) < 4.78 is 25.1. The van der Waals surface area contributed by atoms with Crippen molar-refractivity contribution in [2.24, 2.45) is 0 Å². The summed E-state index contributed by atoms with van der Waals surface area (Å²) in [5.74, 6) is -0.559. The van der Waals surface area contributed by atoms with Crippen LogP contribution in [0.1, 0.15) is 32.3 Å². The molecule has 0 bridgehead atoms. The fraction of sp³-hybridized carbons (Fsp3) is 0.250. The highest BCUT2D eigenvalue weighted by Gasteiger charge is 2.16. The Morgan fingerprint density at radius 3 is 2.76 bits per heavy atom. The number of halogens is 2. The molecule has 0 radical (unpaired) electrons. The quantitative estimate of drug-likeness (QED) is 0.235. The predicted octanol–water partition coefficient (Wildman–Crippen LogP) is 5.41. The summed E-state index contributed by atoms with van der Waals surface area (Å²) in [4.78, 5) is 16.0. The number of pyridine rings is 1. The number of rotatable bonds is 9. The highest BCUT2D eigenvalue weighted by Crippen LogP contribution is 2.34. The zero-order chi connectivity index (χ0) is 24.7. The van der Waals surface area contributed by atoms with Crippen molar-refractivity contribution in [3.05, 3.63) is 58.5 Å². The molecule has 0 spiro atoms. The molecule has 0 aliphatic heterocycles. The Bertz CT molecular complexity index is 1220. The van der Waals surface area contributed by atoms with Gasteiger partial charge in [-0.05, 0) is 49.8 Å². The van der Waals surface area contributed by atoms with Gasteiger partial charge >= 0.3 is 5.97 Å². The van der Waals surface area contributed by atoms with E-state index in [-0.39, 0.29) is 23.0 Å². The molecular formula is C24H25ClFN5O3. The van der Waals surface area contributed by atoms with Crippen molar-refractivity contribution in [3.63, 3.8) is 0 Å². The largest absolute Gasteiger partial charge is 0.475 e. The number of nitrogen functional groups attached to an aromatic ring is 1. The average molecular weight is 486 g/mol. The second-order valence-electron chi connectivity index (χ2n) is 7.38. The number of carbonyl (C=O) groups excluding carboxylic acids is 1.